The predicted molar refractivity (Wildman–Crippen MR) is 115 cm³/mol. The zero-order valence-electron chi connectivity index (χ0n) is 18.0. The van der Waals surface area contributed by atoms with E-state index in [0.717, 1.165) is 25.0 Å². The Kier molecular flexibility index (Phi) is 15.3. The number of carbonyl (C=O) groups excluding carboxylic acids is 1. The minimum Gasteiger partial charge on any atom is -0.490 e. The molecule has 0 saturated heterocycles. The second kappa shape index (κ2) is 17.5. The van der Waals surface area contributed by atoms with Crippen molar-refractivity contribution < 1.29 is 19.0 Å². The highest BCUT2D eigenvalue weighted by Gasteiger charge is 2.19. The van der Waals surface area contributed by atoms with Gasteiger partial charge in [0.15, 0.2) is 6.10 Å². The third kappa shape index (κ3) is 12.8. The average molecular weight is 393 g/mol. The average Bonchev–Trinajstić information content (AvgIpc) is 2.72. The van der Waals surface area contributed by atoms with Crippen LogP contribution < -0.4 is 4.74 Å². The van der Waals surface area contributed by atoms with Crippen LogP contribution in [0.3, 0.4) is 0 Å². The number of hydrogen-bond acceptors (Lipinski definition) is 4. The van der Waals surface area contributed by atoms with E-state index < -0.39 is 6.10 Å². The van der Waals surface area contributed by atoms with E-state index in [4.69, 9.17) is 14.2 Å². The zero-order valence-corrected chi connectivity index (χ0v) is 18.0. The number of para-hydroxylation sites is 1. The van der Waals surface area contributed by atoms with E-state index in [-0.39, 0.29) is 12.6 Å². The summed E-state index contributed by atoms with van der Waals surface area (Å²) in [6, 6.07) is 9.54. The van der Waals surface area contributed by atoms with Gasteiger partial charge in [0.1, 0.15) is 19.0 Å². The minimum atomic E-state index is -0.448. The summed E-state index contributed by atoms with van der Waals surface area (Å²) >= 11 is 0. The van der Waals surface area contributed by atoms with E-state index in [1.807, 2.05) is 37.3 Å². The van der Waals surface area contributed by atoms with Crippen molar-refractivity contribution in [2.24, 2.45) is 0 Å². The predicted octanol–water partition coefficient (Wildman–Crippen LogP) is 6.32. The van der Waals surface area contributed by atoms with E-state index in [0.29, 0.717) is 13.2 Å². The Balaban J connectivity index is 2.06. The molecule has 0 aliphatic rings. The third-order valence-corrected chi connectivity index (χ3v) is 4.79. The molecule has 0 radical (unpaired) electrons. The van der Waals surface area contributed by atoms with Crippen LogP contribution in [0.1, 0.15) is 84.5 Å². The topological polar surface area (TPSA) is 44.8 Å². The molecule has 1 atom stereocenters. The fourth-order valence-corrected chi connectivity index (χ4v) is 3.20. The van der Waals surface area contributed by atoms with Gasteiger partial charge in [-0.1, -0.05) is 89.3 Å². The van der Waals surface area contributed by atoms with Crippen molar-refractivity contribution in [2.45, 2.75) is 90.6 Å². The highest BCUT2D eigenvalue weighted by atomic mass is 16.6. The molecule has 0 aliphatic carbocycles. The molecule has 0 saturated carbocycles. The Labute approximate surface area is 172 Å². The molecule has 28 heavy (non-hydrogen) atoms. The molecule has 0 amide bonds. The van der Waals surface area contributed by atoms with Gasteiger partial charge in [-0.25, -0.2) is 4.79 Å². The van der Waals surface area contributed by atoms with Crippen LogP contribution in [-0.4, -0.2) is 31.9 Å². The molecule has 1 aromatic carbocycles. The van der Waals surface area contributed by atoms with Crippen LogP contribution in [0, 0.1) is 0 Å². The van der Waals surface area contributed by atoms with E-state index in [1.54, 1.807) is 0 Å². The second-order valence-corrected chi connectivity index (χ2v) is 7.24. The van der Waals surface area contributed by atoms with Gasteiger partial charge in [0.25, 0.3) is 0 Å². The van der Waals surface area contributed by atoms with Gasteiger partial charge in [-0.05, 0) is 25.5 Å². The molecule has 1 unspecified atom stereocenters. The number of carbonyl (C=O) groups is 1. The summed E-state index contributed by atoms with van der Waals surface area (Å²) in [5, 5.41) is 0. The maximum Gasteiger partial charge on any atom is 0.335 e. The van der Waals surface area contributed by atoms with Gasteiger partial charge in [0.05, 0.1) is 0 Å². The Morgan fingerprint density at radius 1 is 0.821 bits per heavy atom. The number of unbranched alkanes of at least 4 members (excludes halogenated alkanes) is 9. The van der Waals surface area contributed by atoms with Crippen LogP contribution in [0.15, 0.2) is 30.3 Å². The molecule has 0 aliphatic heterocycles. The highest BCUT2D eigenvalue weighted by molar-refractivity contribution is 5.74. The van der Waals surface area contributed by atoms with Crippen molar-refractivity contribution in [2.75, 3.05) is 19.8 Å². The lowest BCUT2D eigenvalue weighted by Crippen LogP contribution is -2.28. The molecule has 0 spiro atoms. The van der Waals surface area contributed by atoms with Crippen molar-refractivity contribution in [1.29, 1.82) is 0 Å². The Morgan fingerprint density at radius 3 is 2.04 bits per heavy atom. The lowest BCUT2D eigenvalue weighted by atomic mass is 10.0. The molecular weight excluding hydrogens is 352 g/mol. The molecular formula is C24H40O4. The molecule has 4 heteroatoms. The Bertz CT molecular complexity index is 475. The first-order valence-corrected chi connectivity index (χ1v) is 11.2. The van der Waals surface area contributed by atoms with E-state index >= 15 is 0 Å². The summed E-state index contributed by atoms with van der Waals surface area (Å²) in [6.07, 6.45) is 13.1. The molecule has 0 N–H and O–H groups in total. The third-order valence-electron chi connectivity index (χ3n) is 4.79. The molecule has 0 heterocycles. The van der Waals surface area contributed by atoms with E-state index in [9.17, 15) is 4.79 Å². The second-order valence-electron chi connectivity index (χ2n) is 7.24. The minimum absolute atomic E-state index is 0.245. The summed E-state index contributed by atoms with van der Waals surface area (Å²) in [7, 11) is 0. The largest absolute Gasteiger partial charge is 0.490 e. The zero-order chi connectivity index (χ0) is 20.3. The van der Waals surface area contributed by atoms with Gasteiger partial charge in [0.2, 0.25) is 0 Å². The first-order chi connectivity index (χ1) is 13.8. The maximum absolute atomic E-state index is 12.2. The molecule has 1 rings (SSSR count). The van der Waals surface area contributed by atoms with Crippen molar-refractivity contribution in [1.82, 2.24) is 0 Å². The standard InChI is InChI=1S/C24H40O4/c1-3-5-6-7-8-9-10-11-12-16-19-23(26-4-2)24(25)28-21-20-27-22-17-14-13-15-18-22/h13-15,17-18,23H,3-12,16,19-21H2,1-2H3. The van der Waals surface area contributed by atoms with Gasteiger partial charge in [0, 0.05) is 6.61 Å². The van der Waals surface area contributed by atoms with Crippen LogP contribution >= 0.6 is 0 Å². The Hall–Kier alpha value is -1.55. The number of esters is 1. The molecule has 0 aromatic heterocycles. The first-order valence-electron chi connectivity index (χ1n) is 11.2. The molecule has 0 fully saturated rings. The smallest absolute Gasteiger partial charge is 0.335 e. The fraction of sp³-hybridized carbons (Fsp3) is 0.708. The lowest BCUT2D eigenvalue weighted by molar-refractivity contribution is -0.158. The first kappa shape index (κ1) is 24.5. The summed E-state index contributed by atoms with van der Waals surface area (Å²) in [4.78, 5) is 12.2. The SMILES string of the molecule is CCCCCCCCCCCCC(OCC)C(=O)OCCOc1ccccc1. The van der Waals surface area contributed by atoms with Gasteiger partial charge in [-0.3, -0.25) is 0 Å². The van der Waals surface area contributed by atoms with Crippen LogP contribution in [0.2, 0.25) is 0 Å². The van der Waals surface area contributed by atoms with E-state index in [2.05, 4.69) is 6.92 Å². The summed E-state index contributed by atoms with van der Waals surface area (Å²) in [5.74, 6) is 0.514. The van der Waals surface area contributed by atoms with Gasteiger partial charge in [-0.15, -0.1) is 0 Å². The van der Waals surface area contributed by atoms with Crippen LogP contribution in [0.5, 0.6) is 5.75 Å². The van der Waals surface area contributed by atoms with Crippen LogP contribution in [0.4, 0.5) is 0 Å². The number of hydrogen-bond donors (Lipinski definition) is 0. The summed E-state index contributed by atoms with van der Waals surface area (Å²) < 4.78 is 16.5. The molecule has 1 aromatic rings. The van der Waals surface area contributed by atoms with Crippen molar-refractivity contribution in [3.05, 3.63) is 30.3 Å². The van der Waals surface area contributed by atoms with E-state index in [1.165, 1.54) is 51.4 Å². The monoisotopic (exact) mass is 392 g/mol. The van der Waals surface area contributed by atoms with Crippen molar-refractivity contribution in [3.63, 3.8) is 0 Å². The van der Waals surface area contributed by atoms with Crippen molar-refractivity contribution >= 4 is 5.97 Å². The summed E-state index contributed by atoms with van der Waals surface area (Å²) in [6.45, 7) is 5.29. The number of ether oxygens (including phenoxy) is 3. The summed E-state index contributed by atoms with van der Waals surface area (Å²) in [5.41, 5.74) is 0. The maximum atomic E-state index is 12.2. The molecule has 0 bridgehead atoms. The molecule has 160 valence electrons. The van der Waals surface area contributed by atoms with Crippen LogP contribution in [0.25, 0.3) is 0 Å². The number of benzene rings is 1. The quantitative estimate of drug-likeness (QED) is 0.216. The van der Waals surface area contributed by atoms with Crippen molar-refractivity contribution in [3.8, 4) is 5.75 Å². The number of rotatable bonds is 18. The Morgan fingerprint density at radius 2 is 1.43 bits per heavy atom. The molecule has 4 nitrogen and oxygen atoms in total. The van der Waals surface area contributed by atoms with Crippen LogP contribution in [-0.2, 0) is 14.3 Å². The highest BCUT2D eigenvalue weighted by Crippen LogP contribution is 2.14. The van der Waals surface area contributed by atoms with Gasteiger partial charge >= 0.3 is 5.97 Å². The van der Waals surface area contributed by atoms with Gasteiger partial charge < -0.3 is 14.2 Å². The fourth-order valence-electron chi connectivity index (χ4n) is 3.20. The normalized spacial score (nSPS) is 11.9. The van der Waals surface area contributed by atoms with Gasteiger partial charge in [-0.2, -0.15) is 0 Å². The lowest BCUT2D eigenvalue weighted by Gasteiger charge is -2.16.